The summed E-state index contributed by atoms with van der Waals surface area (Å²) in [7, 11) is -4.35. The first-order chi connectivity index (χ1) is 9.27. The number of anilines is 1. The number of imidazole rings is 1. The molecule has 1 heterocycles. The number of benzene rings is 1. The number of hydrogen-bond acceptors (Lipinski definition) is 6. The number of nitrogens with zero attached hydrogens (tertiary/aromatic N) is 3. The van der Waals surface area contributed by atoms with Gasteiger partial charge in [0.1, 0.15) is 5.75 Å². The van der Waals surface area contributed by atoms with Crippen LogP contribution in [0.1, 0.15) is 11.3 Å². The smallest absolute Gasteiger partial charge is 0.294 e. The number of aromatic nitrogens is 2. The third-order valence-electron chi connectivity index (χ3n) is 2.45. The summed E-state index contributed by atoms with van der Waals surface area (Å²) >= 11 is 0. The van der Waals surface area contributed by atoms with Crippen LogP contribution < -0.4 is 5.73 Å². The van der Waals surface area contributed by atoms with Gasteiger partial charge in [0.15, 0.2) is 0 Å². The first-order valence-corrected chi connectivity index (χ1v) is 6.87. The lowest BCUT2D eigenvalue weighted by atomic mass is 10.2. The molecule has 0 aliphatic rings. The topological polar surface area (TPSA) is 131 Å². The van der Waals surface area contributed by atoms with Crippen LogP contribution in [0.3, 0.4) is 0 Å². The van der Waals surface area contributed by atoms with Crippen molar-refractivity contribution in [2.24, 2.45) is 5.10 Å². The minimum Gasteiger partial charge on any atom is -0.507 e. The molecule has 0 unspecified atom stereocenters. The van der Waals surface area contributed by atoms with Crippen LogP contribution in [0.15, 0.2) is 34.4 Å². The fourth-order valence-corrected chi connectivity index (χ4v) is 2.03. The minimum atomic E-state index is -4.35. The Morgan fingerprint density at radius 3 is 2.70 bits per heavy atom. The SMILES string of the molecule is Cc1cn(N=Cc2cc(S(=O)(=O)O)ccc2O)c(N)n1. The summed E-state index contributed by atoms with van der Waals surface area (Å²) in [6.45, 7) is 1.73. The van der Waals surface area contributed by atoms with Gasteiger partial charge in [-0.25, -0.2) is 9.66 Å². The van der Waals surface area contributed by atoms with Crippen molar-refractivity contribution in [2.75, 3.05) is 5.73 Å². The zero-order valence-corrected chi connectivity index (χ0v) is 11.2. The summed E-state index contributed by atoms with van der Waals surface area (Å²) in [5, 5.41) is 13.6. The van der Waals surface area contributed by atoms with Gasteiger partial charge in [0.2, 0.25) is 5.95 Å². The molecule has 0 aliphatic carbocycles. The van der Waals surface area contributed by atoms with Crippen molar-refractivity contribution in [2.45, 2.75) is 11.8 Å². The van der Waals surface area contributed by atoms with Crippen molar-refractivity contribution in [3.05, 3.63) is 35.7 Å². The van der Waals surface area contributed by atoms with E-state index in [1.54, 1.807) is 13.1 Å². The Labute approximate surface area is 114 Å². The molecule has 0 amide bonds. The lowest BCUT2D eigenvalue weighted by Crippen LogP contribution is -2.00. The number of nitrogen functional groups attached to an aromatic ring is 1. The standard InChI is InChI=1S/C11H12N4O4S/c1-7-6-15(11(12)14-7)13-5-8-4-9(20(17,18)19)2-3-10(8)16/h2-6,16H,1H3,(H2,12,14)(H,17,18,19). The molecule has 1 aromatic carbocycles. The van der Waals surface area contributed by atoms with Crippen molar-refractivity contribution in [1.82, 2.24) is 9.66 Å². The minimum absolute atomic E-state index is 0.117. The van der Waals surface area contributed by atoms with Crippen LogP contribution in [0.25, 0.3) is 0 Å². The maximum Gasteiger partial charge on any atom is 0.294 e. The molecular weight excluding hydrogens is 284 g/mol. The summed E-state index contributed by atoms with van der Waals surface area (Å²) in [6, 6.07) is 3.32. The molecule has 2 aromatic rings. The molecule has 0 aliphatic heterocycles. The maximum absolute atomic E-state index is 11.0. The van der Waals surface area contributed by atoms with Gasteiger partial charge in [0.25, 0.3) is 10.1 Å². The van der Waals surface area contributed by atoms with Crippen LogP contribution in [0.5, 0.6) is 5.75 Å². The Bertz CT molecular complexity index is 780. The van der Waals surface area contributed by atoms with Gasteiger partial charge in [-0.3, -0.25) is 4.55 Å². The van der Waals surface area contributed by atoms with E-state index in [1.807, 2.05) is 0 Å². The molecule has 8 nitrogen and oxygen atoms in total. The van der Waals surface area contributed by atoms with Gasteiger partial charge in [-0.05, 0) is 25.1 Å². The number of rotatable bonds is 3. The number of hydrogen-bond donors (Lipinski definition) is 3. The molecule has 0 fully saturated rings. The zero-order valence-electron chi connectivity index (χ0n) is 10.4. The fourth-order valence-electron chi connectivity index (χ4n) is 1.52. The molecule has 0 atom stereocenters. The molecule has 9 heteroatoms. The Balaban J connectivity index is 2.41. The van der Waals surface area contributed by atoms with E-state index in [-0.39, 0.29) is 22.2 Å². The van der Waals surface area contributed by atoms with E-state index >= 15 is 0 Å². The van der Waals surface area contributed by atoms with E-state index in [2.05, 4.69) is 10.1 Å². The third kappa shape index (κ3) is 2.95. The van der Waals surface area contributed by atoms with Crippen molar-refractivity contribution in [3.8, 4) is 5.75 Å². The highest BCUT2D eigenvalue weighted by Crippen LogP contribution is 2.19. The summed E-state index contributed by atoms with van der Waals surface area (Å²) < 4.78 is 32.3. The average Bonchev–Trinajstić information content (AvgIpc) is 2.65. The van der Waals surface area contributed by atoms with Crippen LogP contribution in [-0.2, 0) is 10.1 Å². The lowest BCUT2D eigenvalue weighted by Gasteiger charge is -2.02. The van der Waals surface area contributed by atoms with Crippen LogP contribution in [0, 0.1) is 6.92 Å². The number of nitrogens with two attached hydrogens (primary N) is 1. The molecule has 0 bridgehead atoms. The van der Waals surface area contributed by atoms with Crippen LogP contribution in [0.2, 0.25) is 0 Å². The Kier molecular flexibility index (Phi) is 3.47. The molecule has 0 radical (unpaired) electrons. The van der Waals surface area contributed by atoms with Crippen molar-refractivity contribution < 1.29 is 18.1 Å². The quantitative estimate of drug-likeness (QED) is 0.561. The molecule has 1 aromatic heterocycles. The third-order valence-corrected chi connectivity index (χ3v) is 3.30. The molecular formula is C11H12N4O4S. The largest absolute Gasteiger partial charge is 0.507 e. The van der Waals surface area contributed by atoms with Crippen LogP contribution in [-0.4, -0.2) is 34.0 Å². The van der Waals surface area contributed by atoms with E-state index in [4.69, 9.17) is 10.3 Å². The van der Waals surface area contributed by atoms with Crippen molar-refractivity contribution in [1.29, 1.82) is 0 Å². The second-order valence-electron chi connectivity index (χ2n) is 4.03. The van der Waals surface area contributed by atoms with E-state index < -0.39 is 10.1 Å². The predicted octanol–water partition coefficient (Wildman–Crippen LogP) is 0.608. The second-order valence-corrected chi connectivity index (χ2v) is 5.45. The monoisotopic (exact) mass is 296 g/mol. The van der Waals surface area contributed by atoms with Crippen molar-refractivity contribution >= 4 is 22.3 Å². The van der Waals surface area contributed by atoms with E-state index in [0.717, 1.165) is 18.2 Å². The predicted molar refractivity (Wildman–Crippen MR) is 72.3 cm³/mol. The molecule has 20 heavy (non-hydrogen) atoms. The van der Waals surface area contributed by atoms with Gasteiger partial charge in [-0.1, -0.05) is 0 Å². The normalized spacial score (nSPS) is 12.1. The highest BCUT2D eigenvalue weighted by molar-refractivity contribution is 7.85. The van der Waals surface area contributed by atoms with E-state index in [0.29, 0.717) is 5.69 Å². The molecule has 0 saturated heterocycles. The molecule has 4 N–H and O–H groups in total. The van der Waals surface area contributed by atoms with Crippen LogP contribution in [0.4, 0.5) is 5.95 Å². The van der Waals surface area contributed by atoms with Crippen molar-refractivity contribution in [3.63, 3.8) is 0 Å². The summed E-state index contributed by atoms with van der Waals surface area (Å²) in [6.07, 6.45) is 2.77. The zero-order chi connectivity index (χ0) is 14.9. The molecule has 2 rings (SSSR count). The summed E-state index contributed by atoms with van der Waals surface area (Å²) in [5.41, 5.74) is 6.36. The average molecular weight is 296 g/mol. The van der Waals surface area contributed by atoms with Gasteiger partial charge < -0.3 is 10.8 Å². The molecule has 0 spiro atoms. The maximum atomic E-state index is 11.0. The molecule has 0 saturated carbocycles. The van der Waals surface area contributed by atoms with Crippen LogP contribution >= 0.6 is 0 Å². The van der Waals surface area contributed by atoms with Gasteiger partial charge in [-0.15, -0.1) is 0 Å². The van der Waals surface area contributed by atoms with Gasteiger partial charge in [-0.2, -0.15) is 13.5 Å². The Hall–Kier alpha value is -2.39. The van der Waals surface area contributed by atoms with Gasteiger partial charge in [0, 0.05) is 5.56 Å². The highest BCUT2D eigenvalue weighted by atomic mass is 32.2. The summed E-state index contributed by atoms with van der Waals surface area (Å²) in [5.74, 6) is -0.0271. The summed E-state index contributed by atoms with van der Waals surface area (Å²) in [4.78, 5) is 3.59. The highest BCUT2D eigenvalue weighted by Gasteiger charge is 2.11. The fraction of sp³-hybridized carbons (Fsp3) is 0.0909. The lowest BCUT2D eigenvalue weighted by molar-refractivity contribution is 0.472. The van der Waals surface area contributed by atoms with Gasteiger partial charge in [0.05, 0.1) is 23.0 Å². The first-order valence-electron chi connectivity index (χ1n) is 5.43. The number of phenols is 1. The Morgan fingerprint density at radius 2 is 2.15 bits per heavy atom. The number of phenolic OH excluding ortho intramolecular Hbond substituents is 1. The van der Waals surface area contributed by atoms with E-state index in [1.165, 1.54) is 10.9 Å². The first kappa shape index (κ1) is 14.0. The van der Waals surface area contributed by atoms with E-state index in [9.17, 15) is 13.5 Å². The Morgan fingerprint density at radius 1 is 1.45 bits per heavy atom. The van der Waals surface area contributed by atoms with Gasteiger partial charge >= 0.3 is 0 Å². The molecule has 106 valence electrons. The number of aryl methyl sites for hydroxylation is 1. The second kappa shape index (κ2) is 4.94. The number of aromatic hydroxyl groups is 1.